The summed E-state index contributed by atoms with van der Waals surface area (Å²) in [6.45, 7) is 0.907. The van der Waals surface area contributed by atoms with Crippen LogP contribution in [-0.2, 0) is 13.1 Å². The first-order valence-electron chi connectivity index (χ1n) is 10.3. The van der Waals surface area contributed by atoms with Gasteiger partial charge in [-0.1, -0.05) is 30.5 Å². The molecule has 0 amide bonds. The van der Waals surface area contributed by atoms with Gasteiger partial charge in [-0.2, -0.15) is 10.1 Å². The zero-order valence-corrected chi connectivity index (χ0v) is 17.7. The summed E-state index contributed by atoms with van der Waals surface area (Å²) in [6.07, 6.45) is 9.87. The Hall–Kier alpha value is -2.78. The zero-order valence-electron chi connectivity index (χ0n) is 16.9. The van der Waals surface area contributed by atoms with Gasteiger partial charge in [-0.3, -0.25) is 9.69 Å². The third-order valence-electron chi connectivity index (χ3n) is 5.78. The highest BCUT2D eigenvalue weighted by Gasteiger charge is 2.20. The number of aromatic nitrogens is 5. The summed E-state index contributed by atoms with van der Waals surface area (Å²) in [6, 6.07) is 6.38. The first-order chi connectivity index (χ1) is 14.7. The fourth-order valence-electron chi connectivity index (χ4n) is 4.13. The van der Waals surface area contributed by atoms with E-state index >= 15 is 0 Å². The number of thiophene rings is 1. The molecule has 0 saturated heterocycles. The predicted molar refractivity (Wildman–Crippen MR) is 115 cm³/mol. The number of fused-ring (bicyclic) bond motifs is 1. The highest BCUT2D eigenvalue weighted by Crippen LogP contribution is 2.24. The maximum Gasteiger partial charge on any atom is 0.277 e. The van der Waals surface area contributed by atoms with Gasteiger partial charge in [-0.15, -0.1) is 11.3 Å². The molecular weight excluding hydrogens is 400 g/mol. The Kier molecular flexibility index (Phi) is 5.22. The second-order valence-electron chi connectivity index (χ2n) is 7.88. The third kappa shape index (κ3) is 3.82. The Morgan fingerprint density at radius 3 is 2.93 bits per heavy atom. The minimum atomic E-state index is -0.126. The Morgan fingerprint density at radius 2 is 2.13 bits per heavy atom. The Morgan fingerprint density at radius 1 is 1.27 bits per heavy atom. The summed E-state index contributed by atoms with van der Waals surface area (Å²) in [5.41, 5.74) is 1.20. The van der Waals surface area contributed by atoms with Crippen LogP contribution in [0.15, 0.2) is 45.3 Å². The van der Waals surface area contributed by atoms with Gasteiger partial charge in [0.05, 0.1) is 18.0 Å². The molecule has 1 aliphatic carbocycles. The van der Waals surface area contributed by atoms with Gasteiger partial charge in [0.25, 0.3) is 5.56 Å². The van der Waals surface area contributed by atoms with Gasteiger partial charge < -0.3 is 9.09 Å². The van der Waals surface area contributed by atoms with Crippen molar-refractivity contribution in [2.45, 2.75) is 51.2 Å². The lowest BCUT2D eigenvalue weighted by atomic mass is 9.94. The first kappa shape index (κ1) is 19.2. The van der Waals surface area contributed by atoms with Crippen molar-refractivity contribution >= 4 is 16.9 Å². The lowest BCUT2D eigenvalue weighted by Gasteiger charge is -2.29. The second kappa shape index (κ2) is 8.16. The third-order valence-corrected chi connectivity index (χ3v) is 6.67. The van der Waals surface area contributed by atoms with E-state index in [-0.39, 0.29) is 12.1 Å². The summed E-state index contributed by atoms with van der Waals surface area (Å²) in [4.78, 5) is 20.8. The van der Waals surface area contributed by atoms with Crippen LogP contribution < -0.4 is 5.56 Å². The van der Waals surface area contributed by atoms with E-state index in [1.54, 1.807) is 32.8 Å². The zero-order chi connectivity index (χ0) is 20.5. The molecule has 9 heteroatoms. The van der Waals surface area contributed by atoms with Gasteiger partial charge in [0.2, 0.25) is 5.89 Å². The second-order valence-corrected chi connectivity index (χ2v) is 8.83. The standard InChI is InChI=1S/C21H24N6O2S/c1-25(15-6-3-2-4-7-15)14-20-22-19(24-29-20)13-26-9-10-27-17(21(26)28)12-16(23-27)18-8-5-11-30-18/h5,8-12,15H,2-4,6-7,13-14H2,1H3. The Bertz CT molecular complexity index is 1190. The maximum absolute atomic E-state index is 12.9. The molecule has 1 aliphatic rings. The number of hydrogen-bond acceptors (Lipinski definition) is 7. The van der Waals surface area contributed by atoms with E-state index in [1.165, 1.54) is 32.1 Å². The molecule has 4 aromatic rings. The van der Waals surface area contributed by atoms with Crippen molar-refractivity contribution < 1.29 is 4.52 Å². The van der Waals surface area contributed by atoms with Crippen LogP contribution in [0.25, 0.3) is 16.1 Å². The average molecular weight is 425 g/mol. The molecule has 156 valence electrons. The van der Waals surface area contributed by atoms with E-state index in [0.717, 1.165) is 10.6 Å². The minimum Gasteiger partial charge on any atom is -0.338 e. The number of hydrogen-bond donors (Lipinski definition) is 0. The molecule has 8 nitrogen and oxygen atoms in total. The molecule has 1 fully saturated rings. The topological polar surface area (TPSA) is 81.5 Å². The van der Waals surface area contributed by atoms with Crippen LogP contribution in [0.4, 0.5) is 0 Å². The SMILES string of the molecule is CN(Cc1nc(Cn2ccn3nc(-c4cccs4)cc3c2=O)no1)C1CCCCC1. The summed E-state index contributed by atoms with van der Waals surface area (Å²) < 4.78 is 8.66. The predicted octanol–water partition coefficient (Wildman–Crippen LogP) is 3.42. The molecule has 0 spiro atoms. The van der Waals surface area contributed by atoms with Crippen molar-refractivity contribution in [3.8, 4) is 10.6 Å². The van der Waals surface area contributed by atoms with Crippen molar-refractivity contribution in [2.75, 3.05) is 7.05 Å². The molecule has 4 aromatic heterocycles. The molecule has 5 rings (SSSR count). The molecule has 0 radical (unpaired) electrons. The molecule has 4 heterocycles. The van der Waals surface area contributed by atoms with Crippen molar-refractivity contribution in [2.24, 2.45) is 0 Å². The minimum absolute atomic E-state index is 0.126. The van der Waals surface area contributed by atoms with Crippen molar-refractivity contribution in [1.29, 1.82) is 0 Å². The van der Waals surface area contributed by atoms with Crippen molar-refractivity contribution in [3.05, 3.63) is 58.0 Å². The molecule has 0 aliphatic heterocycles. The lowest BCUT2D eigenvalue weighted by Crippen LogP contribution is -2.33. The highest BCUT2D eigenvalue weighted by molar-refractivity contribution is 7.13. The number of rotatable bonds is 6. The van der Waals surface area contributed by atoms with Gasteiger partial charge in [0, 0.05) is 18.4 Å². The van der Waals surface area contributed by atoms with Gasteiger partial charge in [-0.05, 0) is 37.4 Å². The van der Waals surface area contributed by atoms with E-state index in [2.05, 4.69) is 27.2 Å². The van der Waals surface area contributed by atoms with Gasteiger partial charge in [0.1, 0.15) is 11.2 Å². The van der Waals surface area contributed by atoms with Gasteiger partial charge in [-0.25, -0.2) is 4.52 Å². The van der Waals surface area contributed by atoms with E-state index in [0.29, 0.717) is 29.8 Å². The highest BCUT2D eigenvalue weighted by atomic mass is 32.1. The molecule has 0 unspecified atom stereocenters. The summed E-state index contributed by atoms with van der Waals surface area (Å²) >= 11 is 1.60. The normalized spacial score (nSPS) is 15.4. The summed E-state index contributed by atoms with van der Waals surface area (Å²) in [5.74, 6) is 1.10. The van der Waals surface area contributed by atoms with Gasteiger partial charge >= 0.3 is 0 Å². The van der Waals surface area contributed by atoms with Crippen molar-refractivity contribution in [3.63, 3.8) is 0 Å². The lowest BCUT2D eigenvalue weighted by molar-refractivity contribution is 0.165. The van der Waals surface area contributed by atoms with E-state index in [9.17, 15) is 4.79 Å². The Balaban J connectivity index is 1.32. The summed E-state index contributed by atoms with van der Waals surface area (Å²) in [5, 5.41) is 10.6. The first-order valence-corrected chi connectivity index (χ1v) is 11.2. The molecule has 1 saturated carbocycles. The van der Waals surface area contributed by atoms with E-state index < -0.39 is 0 Å². The largest absolute Gasteiger partial charge is 0.338 e. The van der Waals surface area contributed by atoms with Crippen molar-refractivity contribution in [1.82, 2.24) is 29.2 Å². The smallest absolute Gasteiger partial charge is 0.277 e. The van der Waals surface area contributed by atoms with Crippen LogP contribution >= 0.6 is 11.3 Å². The molecule has 0 N–H and O–H groups in total. The van der Waals surface area contributed by atoms with E-state index in [4.69, 9.17) is 4.52 Å². The molecule has 0 bridgehead atoms. The van der Waals surface area contributed by atoms with Crippen LogP contribution in [-0.4, -0.2) is 42.3 Å². The van der Waals surface area contributed by atoms with Gasteiger partial charge in [0.15, 0.2) is 5.82 Å². The van der Waals surface area contributed by atoms with Crippen LogP contribution in [0, 0.1) is 0 Å². The van der Waals surface area contributed by atoms with Crippen LogP contribution in [0.5, 0.6) is 0 Å². The molecule has 0 atom stereocenters. The monoisotopic (exact) mass is 424 g/mol. The number of nitrogens with zero attached hydrogens (tertiary/aromatic N) is 6. The fourth-order valence-corrected chi connectivity index (χ4v) is 4.81. The van der Waals surface area contributed by atoms with Crippen LogP contribution in [0.1, 0.15) is 43.8 Å². The Labute approximate surface area is 177 Å². The van der Waals surface area contributed by atoms with E-state index in [1.807, 2.05) is 23.6 Å². The molecular formula is C21H24N6O2S. The fraction of sp³-hybridized carbons (Fsp3) is 0.429. The quantitative estimate of drug-likeness (QED) is 0.472. The average Bonchev–Trinajstić information content (AvgIpc) is 3.51. The summed E-state index contributed by atoms with van der Waals surface area (Å²) in [7, 11) is 2.11. The molecule has 0 aromatic carbocycles. The van der Waals surface area contributed by atoms with Crippen LogP contribution in [0.3, 0.4) is 0 Å². The van der Waals surface area contributed by atoms with Crippen LogP contribution in [0.2, 0.25) is 0 Å². The molecule has 30 heavy (non-hydrogen) atoms. The maximum atomic E-state index is 12.9.